The monoisotopic (exact) mass is 368 g/mol. The predicted octanol–water partition coefficient (Wildman–Crippen LogP) is 2.41. The quantitative estimate of drug-likeness (QED) is 0.771. The van der Waals surface area contributed by atoms with E-state index >= 15 is 0 Å². The van der Waals surface area contributed by atoms with Crippen molar-refractivity contribution < 1.29 is 9.53 Å². The van der Waals surface area contributed by atoms with Crippen LogP contribution >= 0.6 is 22.9 Å². The molecule has 1 saturated heterocycles. The van der Waals surface area contributed by atoms with Gasteiger partial charge in [-0.1, -0.05) is 11.6 Å². The zero-order valence-electron chi connectivity index (χ0n) is 13.4. The zero-order chi connectivity index (χ0) is 17.3. The molecule has 1 aliphatic rings. The van der Waals surface area contributed by atoms with Gasteiger partial charge in [0.25, 0.3) is 5.56 Å². The normalized spacial score (nSPS) is 17.3. The molecule has 0 N–H and O–H groups in total. The average molecular weight is 369 g/mol. The largest absolute Gasteiger partial charge is 0.461 e. The molecule has 0 spiro atoms. The molecule has 0 amide bonds. The summed E-state index contributed by atoms with van der Waals surface area (Å²) in [6, 6.07) is -0.0235. The summed E-state index contributed by atoms with van der Waals surface area (Å²) in [4.78, 5) is 30.3. The van der Waals surface area contributed by atoms with E-state index in [1.165, 1.54) is 16.0 Å². The van der Waals surface area contributed by atoms with Crippen molar-refractivity contribution >= 4 is 34.6 Å². The Morgan fingerprint density at radius 3 is 3.08 bits per heavy atom. The average Bonchev–Trinajstić information content (AvgIpc) is 3.21. The van der Waals surface area contributed by atoms with Crippen LogP contribution in [0.3, 0.4) is 0 Å². The maximum absolute atomic E-state index is 12.0. The molecule has 1 atom stereocenters. The van der Waals surface area contributed by atoms with Gasteiger partial charge >= 0.3 is 5.97 Å². The van der Waals surface area contributed by atoms with Gasteiger partial charge in [0.05, 0.1) is 24.5 Å². The first-order chi connectivity index (χ1) is 11.5. The molecule has 2 aromatic heterocycles. The lowest BCUT2D eigenvalue weighted by Crippen LogP contribution is -2.28. The third-order valence-electron chi connectivity index (χ3n) is 3.91. The van der Waals surface area contributed by atoms with E-state index in [1.807, 2.05) is 4.90 Å². The Balaban J connectivity index is 1.90. The Labute approximate surface area is 147 Å². The van der Waals surface area contributed by atoms with E-state index in [0.717, 1.165) is 24.4 Å². The van der Waals surface area contributed by atoms with Crippen molar-refractivity contribution in [3.63, 3.8) is 0 Å². The molecule has 1 aliphatic heterocycles. The Morgan fingerprint density at radius 1 is 1.54 bits per heavy atom. The van der Waals surface area contributed by atoms with Crippen molar-refractivity contribution in [2.24, 2.45) is 7.05 Å². The van der Waals surface area contributed by atoms with E-state index in [9.17, 15) is 9.59 Å². The number of carbonyl (C=O) groups excluding carboxylic acids is 1. The van der Waals surface area contributed by atoms with Crippen molar-refractivity contribution in [2.45, 2.75) is 25.8 Å². The number of thiazole rings is 1. The van der Waals surface area contributed by atoms with Crippen LogP contribution in [0.5, 0.6) is 0 Å². The summed E-state index contributed by atoms with van der Waals surface area (Å²) >= 11 is 7.63. The number of nitrogens with zero attached hydrogens (tertiary/aromatic N) is 4. The number of hydrogen-bond donors (Lipinski definition) is 0. The van der Waals surface area contributed by atoms with Crippen molar-refractivity contribution in [1.29, 1.82) is 0 Å². The highest BCUT2D eigenvalue weighted by Gasteiger charge is 2.31. The number of carbonyl (C=O) groups is 1. The number of rotatable bonds is 4. The smallest absolute Gasteiger partial charge is 0.357 e. The minimum Gasteiger partial charge on any atom is -0.461 e. The lowest BCUT2D eigenvalue weighted by molar-refractivity contribution is 0.0520. The first-order valence-corrected chi connectivity index (χ1v) is 8.89. The van der Waals surface area contributed by atoms with Crippen LogP contribution in [0.2, 0.25) is 5.02 Å². The van der Waals surface area contributed by atoms with Gasteiger partial charge in [-0.25, -0.2) is 14.5 Å². The zero-order valence-corrected chi connectivity index (χ0v) is 14.9. The van der Waals surface area contributed by atoms with Crippen molar-refractivity contribution in [2.75, 3.05) is 18.1 Å². The van der Waals surface area contributed by atoms with E-state index in [-0.39, 0.29) is 16.6 Å². The molecule has 7 nitrogen and oxygen atoms in total. The summed E-state index contributed by atoms with van der Waals surface area (Å²) in [5, 5.41) is 6.73. The fourth-order valence-electron chi connectivity index (χ4n) is 2.75. The molecular formula is C15H17ClN4O3S. The van der Waals surface area contributed by atoms with Crippen molar-refractivity contribution in [1.82, 2.24) is 14.8 Å². The minimum atomic E-state index is -0.419. The van der Waals surface area contributed by atoms with Crippen molar-refractivity contribution in [3.8, 4) is 0 Å². The summed E-state index contributed by atoms with van der Waals surface area (Å²) < 4.78 is 6.19. The Morgan fingerprint density at radius 2 is 2.33 bits per heavy atom. The molecule has 1 fully saturated rings. The number of aryl methyl sites for hydroxylation is 1. The molecule has 3 rings (SSSR count). The highest BCUT2D eigenvalue weighted by Crippen LogP contribution is 2.39. The second-order valence-electron chi connectivity index (χ2n) is 5.42. The molecule has 128 valence electrons. The molecule has 0 bridgehead atoms. The van der Waals surface area contributed by atoms with Gasteiger partial charge in [-0.15, -0.1) is 11.3 Å². The maximum atomic E-state index is 12.0. The molecule has 1 unspecified atom stereocenters. The maximum Gasteiger partial charge on any atom is 0.357 e. The Kier molecular flexibility index (Phi) is 4.86. The van der Waals surface area contributed by atoms with Crippen LogP contribution in [-0.2, 0) is 11.8 Å². The first-order valence-electron chi connectivity index (χ1n) is 7.64. The van der Waals surface area contributed by atoms with Gasteiger partial charge in [0, 0.05) is 19.0 Å². The third kappa shape index (κ3) is 3.03. The molecule has 0 aliphatic carbocycles. The predicted molar refractivity (Wildman–Crippen MR) is 91.9 cm³/mol. The van der Waals surface area contributed by atoms with E-state index < -0.39 is 5.97 Å². The summed E-state index contributed by atoms with van der Waals surface area (Å²) in [7, 11) is 1.56. The third-order valence-corrected chi connectivity index (χ3v) is 5.21. The van der Waals surface area contributed by atoms with Crippen LogP contribution in [0.25, 0.3) is 0 Å². The first kappa shape index (κ1) is 16.9. The van der Waals surface area contributed by atoms with Gasteiger partial charge in [-0.3, -0.25) is 4.79 Å². The van der Waals surface area contributed by atoms with Crippen molar-refractivity contribution in [3.05, 3.63) is 37.7 Å². The molecule has 9 heteroatoms. The van der Waals surface area contributed by atoms with Gasteiger partial charge in [0.2, 0.25) is 0 Å². The van der Waals surface area contributed by atoms with E-state index in [2.05, 4.69) is 10.1 Å². The van der Waals surface area contributed by atoms with Crippen LogP contribution in [-0.4, -0.2) is 33.9 Å². The van der Waals surface area contributed by atoms with E-state index in [0.29, 0.717) is 18.0 Å². The van der Waals surface area contributed by atoms with Gasteiger partial charge in [-0.2, -0.15) is 5.10 Å². The van der Waals surface area contributed by atoms with Crippen LogP contribution in [0.15, 0.2) is 16.4 Å². The Hall–Kier alpha value is -1.93. The summed E-state index contributed by atoms with van der Waals surface area (Å²) in [6.07, 6.45) is 3.42. The van der Waals surface area contributed by atoms with Gasteiger partial charge in [0.1, 0.15) is 10.0 Å². The fourth-order valence-corrected chi connectivity index (χ4v) is 3.97. The number of esters is 1. The van der Waals surface area contributed by atoms with Crippen LogP contribution < -0.4 is 10.5 Å². The SMILES string of the molecule is CCOC(=O)c1csc(C2CCCN2c2cnn(C)c(=O)c2Cl)n1. The topological polar surface area (TPSA) is 77.3 Å². The summed E-state index contributed by atoms with van der Waals surface area (Å²) in [5.41, 5.74) is 0.596. The lowest BCUT2D eigenvalue weighted by atomic mass is 10.2. The molecule has 24 heavy (non-hydrogen) atoms. The van der Waals surface area contributed by atoms with Gasteiger partial charge < -0.3 is 9.64 Å². The highest BCUT2D eigenvalue weighted by atomic mass is 35.5. The standard InChI is InChI=1S/C15H17ClN4O3S/c1-3-23-15(22)9-8-24-13(18-9)10-5-4-6-20(10)11-7-17-19(2)14(21)12(11)16/h7-8,10H,3-6H2,1-2H3. The molecule has 3 heterocycles. The van der Waals surface area contributed by atoms with Gasteiger partial charge in [0.15, 0.2) is 5.69 Å². The number of ether oxygens (including phenoxy) is 1. The second-order valence-corrected chi connectivity index (χ2v) is 6.68. The number of hydrogen-bond acceptors (Lipinski definition) is 7. The van der Waals surface area contributed by atoms with Crippen LogP contribution in [0, 0.1) is 0 Å². The van der Waals surface area contributed by atoms with E-state index in [1.54, 1.807) is 25.5 Å². The number of halogens is 1. The minimum absolute atomic E-state index is 0.0235. The second kappa shape index (κ2) is 6.90. The molecule has 2 aromatic rings. The summed E-state index contributed by atoms with van der Waals surface area (Å²) in [5.74, 6) is -0.419. The van der Waals surface area contributed by atoms with Gasteiger partial charge in [-0.05, 0) is 19.8 Å². The van der Waals surface area contributed by atoms with E-state index in [4.69, 9.17) is 16.3 Å². The molecule has 0 radical (unpaired) electrons. The lowest BCUT2D eigenvalue weighted by Gasteiger charge is -2.25. The fraction of sp³-hybridized carbons (Fsp3) is 0.467. The number of anilines is 1. The summed E-state index contributed by atoms with van der Waals surface area (Å²) in [6.45, 7) is 2.83. The Bertz CT molecular complexity index is 819. The molecule has 0 saturated carbocycles. The number of aromatic nitrogens is 3. The molecule has 0 aromatic carbocycles. The van der Waals surface area contributed by atoms with Crippen LogP contribution in [0.1, 0.15) is 41.3 Å². The molecular weight excluding hydrogens is 352 g/mol. The highest BCUT2D eigenvalue weighted by molar-refractivity contribution is 7.10. The van der Waals surface area contributed by atoms with Crippen LogP contribution in [0.4, 0.5) is 5.69 Å².